The molecule has 10 heteroatoms. The molecular formula is C26H33ClN6O3. The lowest BCUT2D eigenvalue weighted by Crippen LogP contribution is -2.35. The number of hydrogen-bond acceptors (Lipinski definition) is 9. The molecule has 0 unspecified atom stereocenters. The predicted molar refractivity (Wildman–Crippen MR) is 141 cm³/mol. The van der Waals surface area contributed by atoms with Crippen LogP contribution in [0.2, 0.25) is 5.02 Å². The molecule has 0 spiro atoms. The van der Waals surface area contributed by atoms with Gasteiger partial charge in [-0.05, 0) is 38.0 Å². The summed E-state index contributed by atoms with van der Waals surface area (Å²) in [4.78, 5) is 21.1. The summed E-state index contributed by atoms with van der Waals surface area (Å²) in [5, 5.41) is 4.22. The van der Waals surface area contributed by atoms with E-state index in [0.717, 1.165) is 34.9 Å². The van der Waals surface area contributed by atoms with Crippen molar-refractivity contribution in [2.45, 2.75) is 45.8 Å². The number of aromatic nitrogens is 4. The number of halogens is 1. The Kier molecular flexibility index (Phi) is 8.43. The Bertz CT molecular complexity index is 1190. The number of nitrogens with one attached hydrogen (secondary N) is 1. The molecule has 1 saturated heterocycles. The number of aryl methyl sites for hydroxylation is 2. The highest BCUT2D eigenvalue weighted by molar-refractivity contribution is 6.33. The highest BCUT2D eigenvalue weighted by atomic mass is 35.5. The van der Waals surface area contributed by atoms with Crippen molar-refractivity contribution in [1.29, 1.82) is 0 Å². The maximum Gasteiger partial charge on any atom is 0.228 e. The Balaban J connectivity index is 1.64. The molecule has 1 N–H and O–H groups in total. The van der Waals surface area contributed by atoms with E-state index >= 15 is 0 Å². The summed E-state index contributed by atoms with van der Waals surface area (Å²) >= 11 is 6.59. The molecule has 2 atom stereocenters. The van der Waals surface area contributed by atoms with Crippen LogP contribution in [0.1, 0.15) is 32.2 Å². The van der Waals surface area contributed by atoms with E-state index in [4.69, 9.17) is 35.8 Å². The Labute approximate surface area is 217 Å². The first-order chi connectivity index (χ1) is 17.5. The number of benzene rings is 1. The molecule has 36 heavy (non-hydrogen) atoms. The topological polar surface area (TPSA) is 94.5 Å². The predicted octanol–water partition coefficient (Wildman–Crippen LogP) is 4.43. The van der Waals surface area contributed by atoms with Gasteiger partial charge in [0.25, 0.3) is 0 Å². The van der Waals surface area contributed by atoms with E-state index in [2.05, 4.69) is 34.0 Å². The highest BCUT2D eigenvalue weighted by Gasteiger charge is 2.35. The fourth-order valence-corrected chi connectivity index (χ4v) is 4.64. The Morgan fingerprint density at radius 2 is 1.81 bits per heavy atom. The lowest BCUT2D eigenvalue weighted by molar-refractivity contribution is 0.0719. The van der Waals surface area contributed by atoms with Crippen LogP contribution in [-0.2, 0) is 17.6 Å². The Morgan fingerprint density at radius 3 is 2.47 bits per heavy atom. The van der Waals surface area contributed by atoms with Crippen molar-refractivity contribution in [1.82, 2.24) is 19.9 Å². The minimum Gasteiger partial charge on any atom is -0.497 e. The van der Waals surface area contributed by atoms with E-state index in [-0.39, 0.29) is 12.1 Å². The van der Waals surface area contributed by atoms with Crippen molar-refractivity contribution in [3.8, 4) is 22.9 Å². The summed E-state index contributed by atoms with van der Waals surface area (Å²) in [6, 6.07) is 7.35. The van der Waals surface area contributed by atoms with Crippen molar-refractivity contribution in [3.05, 3.63) is 46.9 Å². The average molecular weight is 513 g/mol. The number of rotatable bonds is 10. The summed E-state index contributed by atoms with van der Waals surface area (Å²) in [7, 11) is 3.22. The minimum atomic E-state index is -0.0582. The number of methoxy groups -OCH3 is 2. The molecule has 0 aliphatic carbocycles. The Hall–Kier alpha value is -3.17. The molecule has 192 valence electrons. The molecule has 1 aromatic carbocycles. The molecule has 0 saturated carbocycles. The zero-order valence-electron chi connectivity index (χ0n) is 21.4. The van der Waals surface area contributed by atoms with Crippen LogP contribution in [0.25, 0.3) is 11.3 Å². The van der Waals surface area contributed by atoms with Crippen LogP contribution in [0, 0.1) is 0 Å². The van der Waals surface area contributed by atoms with E-state index in [1.807, 2.05) is 19.1 Å². The van der Waals surface area contributed by atoms with E-state index in [0.29, 0.717) is 48.7 Å². The first-order valence-corrected chi connectivity index (χ1v) is 12.6. The van der Waals surface area contributed by atoms with Gasteiger partial charge in [-0.3, -0.25) is 0 Å². The quantitative estimate of drug-likeness (QED) is 0.423. The van der Waals surface area contributed by atoms with Crippen molar-refractivity contribution in [3.63, 3.8) is 0 Å². The molecule has 1 aliphatic rings. The smallest absolute Gasteiger partial charge is 0.228 e. The molecule has 0 bridgehead atoms. The van der Waals surface area contributed by atoms with E-state index in [1.54, 1.807) is 32.5 Å². The third kappa shape index (κ3) is 5.47. The standard InChI is InChI=1S/C26H33ClN6O3/c1-6-19-24(17-10-9-16(34-4)13-18(17)27)29-20(7-2)25(30-19)31-21-14-33(15-22(21)36-8-3)26-28-12-11-23(32-26)35-5/h9-13,21-22H,6-8,14-15H2,1-5H3,(H,30,31)/t21-,22-/m1/s1. The summed E-state index contributed by atoms with van der Waals surface area (Å²) in [6.07, 6.45) is 3.08. The molecule has 4 rings (SSSR count). The summed E-state index contributed by atoms with van der Waals surface area (Å²) < 4.78 is 16.7. The number of hydrogen-bond donors (Lipinski definition) is 1. The van der Waals surface area contributed by atoms with Gasteiger partial charge in [0.05, 0.1) is 48.5 Å². The number of nitrogens with zero attached hydrogens (tertiary/aromatic N) is 5. The second-order valence-electron chi connectivity index (χ2n) is 8.42. The Morgan fingerprint density at radius 1 is 1.00 bits per heavy atom. The molecular weight excluding hydrogens is 480 g/mol. The number of ether oxygens (including phenoxy) is 3. The van der Waals surface area contributed by atoms with Crippen molar-refractivity contribution >= 4 is 23.4 Å². The first-order valence-electron chi connectivity index (χ1n) is 12.2. The van der Waals surface area contributed by atoms with Crippen LogP contribution in [0.15, 0.2) is 30.5 Å². The van der Waals surface area contributed by atoms with Gasteiger partial charge in [-0.15, -0.1) is 0 Å². The zero-order valence-corrected chi connectivity index (χ0v) is 22.2. The SMILES string of the molecule is CCO[C@@H]1CN(c2nccc(OC)n2)C[C@H]1Nc1nc(CC)c(-c2ccc(OC)cc2Cl)nc1CC. The average Bonchev–Trinajstić information content (AvgIpc) is 3.30. The summed E-state index contributed by atoms with van der Waals surface area (Å²) in [5.41, 5.74) is 3.39. The first kappa shape index (κ1) is 25.9. The van der Waals surface area contributed by atoms with Crippen LogP contribution in [0.3, 0.4) is 0 Å². The van der Waals surface area contributed by atoms with Crippen LogP contribution in [0.4, 0.5) is 11.8 Å². The van der Waals surface area contributed by atoms with Crippen LogP contribution in [-0.4, -0.2) is 66.0 Å². The van der Waals surface area contributed by atoms with Gasteiger partial charge in [0.2, 0.25) is 11.8 Å². The molecule has 2 aromatic heterocycles. The van der Waals surface area contributed by atoms with E-state index in [9.17, 15) is 0 Å². The molecule has 9 nitrogen and oxygen atoms in total. The van der Waals surface area contributed by atoms with Crippen LogP contribution in [0.5, 0.6) is 11.6 Å². The lowest BCUT2D eigenvalue weighted by Gasteiger charge is -2.22. The molecule has 0 radical (unpaired) electrons. The number of anilines is 2. The van der Waals surface area contributed by atoms with Crippen molar-refractivity contribution in [2.75, 3.05) is 44.1 Å². The van der Waals surface area contributed by atoms with Gasteiger partial charge in [-0.25, -0.2) is 15.0 Å². The van der Waals surface area contributed by atoms with Gasteiger partial charge in [-0.1, -0.05) is 25.4 Å². The fourth-order valence-electron chi connectivity index (χ4n) is 4.38. The second kappa shape index (κ2) is 11.7. The second-order valence-corrected chi connectivity index (χ2v) is 8.82. The largest absolute Gasteiger partial charge is 0.497 e. The van der Waals surface area contributed by atoms with Crippen molar-refractivity contribution < 1.29 is 14.2 Å². The van der Waals surface area contributed by atoms with E-state index in [1.165, 1.54) is 0 Å². The van der Waals surface area contributed by atoms with Crippen LogP contribution < -0.4 is 19.7 Å². The molecule has 1 fully saturated rings. The highest BCUT2D eigenvalue weighted by Crippen LogP contribution is 2.33. The fraction of sp³-hybridized carbons (Fsp3) is 0.462. The van der Waals surface area contributed by atoms with Gasteiger partial charge in [0.15, 0.2) is 0 Å². The van der Waals surface area contributed by atoms with Gasteiger partial charge in [0, 0.05) is 37.5 Å². The molecule has 0 amide bonds. The molecule has 3 heterocycles. The van der Waals surface area contributed by atoms with Gasteiger partial charge in [0.1, 0.15) is 11.6 Å². The zero-order chi connectivity index (χ0) is 25.7. The summed E-state index contributed by atoms with van der Waals surface area (Å²) in [5.74, 6) is 2.62. The summed E-state index contributed by atoms with van der Waals surface area (Å²) in [6.45, 7) is 8.08. The third-order valence-electron chi connectivity index (χ3n) is 6.22. The maximum atomic E-state index is 6.59. The third-order valence-corrected chi connectivity index (χ3v) is 6.53. The van der Waals surface area contributed by atoms with Gasteiger partial charge >= 0.3 is 0 Å². The maximum absolute atomic E-state index is 6.59. The molecule has 1 aliphatic heterocycles. The van der Waals surface area contributed by atoms with Gasteiger partial charge in [-0.2, -0.15) is 4.98 Å². The normalized spacial score (nSPS) is 17.3. The van der Waals surface area contributed by atoms with E-state index < -0.39 is 0 Å². The van der Waals surface area contributed by atoms with Crippen LogP contribution >= 0.6 is 11.6 Å². The van der Waals surface area contributed by atoms with Gasteiger partial charge < -0.3 is 24.4 Å². The lowest BCUT2D eigenvalue weighted by atomic mass is 10.1. The minimum absolute atomic E-state index is 0.0144. The van der Waals surface area contributed by atoms with Crippen molar-refractivity contribution in [2.24, 2.45) is 0 Å². The monoisotopic (exact) mass is 512 g/mol. The molecule has 3 aromatic rings.